The summed E-state index contributed by atoms with van der Waals surface area (Å²) in [6.07, 6.45) is 8.07. The van der Waals surface area contributed by atoms with E-state index in [0.717, 1.165) is 17.0 Å². The van der Waals surface area contributed by atoms with E-state index in [9.17, 15) is 0 Å². The van der Waals surface area contributed by atoms with Gasteiger partial charge in [-0.3, -0.25) is 0 Å². The zero-order valence-corrected chi connectivity index (χ0v) is 11.0. The van der Waals surface area contributed by atoms with E-state index in [2.05, 4.69) is 13.0 Å². The van der Waals surface area contributed by atoms with Crippen LogP contribution in [0.15, 0.2) is 12.1 Å². The van der Waals surface area contributed by atoms with Gasteiger partial charge in [0.15, 0.2) is 0 Å². The summed E-state index contributed by atoms with van der Waals surface area (Å²) < 4.78 is 6.12. The Hall–Kier alpha value is -1.18. The molecule has 2 rings (SSSR count). The smallest absolute Gasteiger partial charge is 0.124 e. The van der Waals surface area contributed by atoms with Crippen LogP contribution in [0, 0.1) is 13.8 Å². The predicted octanol–water partition coefficient (Wildman–Crippen LogP) is 3.99. The lowest BCUT2D eigenvalue weighted by Crippen LogP contribution is -2.16. The molecule has 0 atom stereocenters. The summed E-state index contributed by atoms with van der Waals surface area (Å²) in [5.74, 6) is 0.972. The molecule has 2 nitrogen and oxygen atoms in total. The molecule has 1 aliphatic carbocycles. The molecule has 0 radical (unpaired) electrons. The zero-order valence-electron chi connectivity index (χ0n) is 11.0. The Morgan fingerprint density at radius 1 is 1.00 bits per heavy atom. The average Bonchev–Trinajstić information content (AvgIpc) is 2.54. The van der Waals surface area contributed by atoms with Gasteiger partial charge in [-0.05, 0) is 50.7 Å². The molecular weight excluding hydrogens is 210 g/mol. The molecule has 0 aliphatic heterocycles. The minimum Gasteiger partial charge on any atom is -0.490 e. The Balaban J connectivity index is 2.09. The van der Waals surface area contributed by atoms with Gasteiger partial charge >= 0.3 is 0 Å². The van der Waals surface area contributed by atoms with E-state index in [-0.39, 0.29) is 0 Å². The van der Waals surface area contributed by atoms with E-state index in [0.29, 0.717) is 6.10 Å². The molecule has 0 amide bonds. The van der Waals surface area contributed by atoms with Crippen LogP contribution < -0.4 is 10.5 Å². The van der Waals surface area contributed by atoms with Gasteiger partial charge in [0.2, 0.25) is 0 Å². The molecule has 1 saturated carbocycles. The van der Waals surface area contributed by atoms with Crippen molar-refractivity contribution in [1.29, 1.82) is 0 Å². The van der Waals surface area contributed by atoms with Gasteiger partial charge in [0.1, 0.15) is 5.75 Å². The second-order valence-corrected chi connectivity index (χ2v) is 5.21. The first-order valence-electron chi connectivity index (χ1n) is 6.70. The highest BCUT2D eigenvalue weighted by Crippen LogP contribution is 2.28. The third kappa shape index (κ3) is 3.15. The number of aryl methyl sites for hydroxylation is 2. The first kappa shape index (κ1) is 12.3. The summed E-state index contributed by atoms with van der Waals surface area (Å²) in [5, 5.41) is 0. The summed E-state index contributed by atoms with van der Waals surface area (Å²) in [6.45, 7) is 4.14. The fourth-order valence-electron chi connectivity index (χ4n) is 2.51. The van der Waals surface area contributed by atoms with Gasteiger partial charge in [0, 0.05) is 11.8 Å². The molecule has 1 aromatic carbocycles. The molecule has 0 saturated heterocycles. The number of nitrogen functional groups attached to an aromatic ring is 1. The van der Waals surface area contributed by atoms with E-state index in [1.807, 2.05) is 13.0 Å². The third-order valence-corrected chi connectivity index (χ3v) is 3.66. The Morgan fingerprint density at radius 3 is 2.29 bits per heavy atom. The molecule has 0 aromatic heterocycles. The minimum atomic E-state index is 0.387. The van der Waals surface area contributed by atoms with Crippen LogP contribution in [0.25, 0.3) is 0 Å². The number of ether oxygens (including phenoxy) is 1. The van der Waals surface area contributed by atoms with Crippen LogP contribution >= 0.6 is 0 Å². The molecule has 0 bridgehead atoms. The fraction of sp³-hybridized carbons (Fsp3) is 0.600. The average molecular weight is 233 g/mol. The van der Waals surface area contributed by atoms with Crippen molar-refractivity contribution in [3.63, 3.8) is 0 Å². The standard InChI is InChI=1S/C15H23NO/c1-11-9-12(2)15(10-14(11)16)17-13-7-5-3-4-6-8-13/h9-10,13H,3-8,16H2,1-2H3. The van der Waals surface area contributed by atoms with Crippen LogP contribution in [0.4, 0.5) is 5.69 Å². The zero-order chi connectivity index (χ0) is 12.3. The maximum atomic E-state index is 6.12. The van der Waals surface area contributed by atoms with Crippen molar-refractivity contribution in [1.82, 2.24) is 0 Å². The maximum Gasteiger partial charge on any atom is 0.124 e. The van der Waals surface area contributed by atoms with E-state index in [1.165, 1.54) is 44.1 Å². The van der Waals surface area contributed by atoms with Crippen molar-refractivity contribution in [3.8, 4) is 5.75 Å². The monoisotopic (exact) mass is 233 g/mol. The molecular formula is C15H23NO. The molecule has 2 N–H and O–H groups in total. The normalized spacial score (nSPS) is 17.8. The number of benzene rings is 1. The van der Waals surface area contributed by atoms with Crippen molar-refractivity contribution in [2.75, 3.05) is 5.73 Å². The molecule has 1 aromatic rings. The molecule has 1 aliphatic rings. The maximum absolute atomic E-state index is 6.12. The van der Waals surface area contributed by atoms with E-state index < -0.39 is 0 Å². The van der Waals surface area contributed by atoms with Crippen LogP contribution in [-0.2, 0) is 0 Å². The number of hydrogen-bond acceptors (Lipinski definition) is 2. The summed E-state index contributed by atoms with van der Waals surface area (Å²) in [5.41, 5.74) is 9.11. The highest BCUT2D eigenvalue weighted by molar-refractivity contribution is 5.54. The molecule has 2 heteroatoms. The lowest BCUT2D eigenvalue weighted by atomic mass is 10.1. The third-order valence-electron chi connectivity index (χ3n) is 3.66. The predicted molar refractivity (Wildman–Crippen MR) is 72.4 cm³/mol. The summed E-state index contributed by atoms with van der Waals surface area (Å²) in [4.78, 5) is 0. The van der Waals surface area contributed by atoms with Crippen molar-refractivity contribution in [2.45, 2.75) is 58.5 Å². The highest BCUT2D eigenvalue weighted by atomic mass is 16.5. The first-order valence-corrected chi connectivity index (χ1v) is 6.70. The first-order chi connectivity index (χ1) is 8.16. The second kappa shape index (κ2) is 5.44. The van der Waals surface area contributed by atoms with Gasteiger partial charge < -0.3 is 10.5 Å². The number of anilines is 1. The lowest BCUT2D eigenvalue weighted by Gasteiger charge is -2.19. The van der Waals surface area contributed by atoms with Gasteiger partial charge in [0.05, 0.1) is 6.10 Å². The molecule has 0 unspecified atom stereocenters. The van der Waals surface area contributed by atoms with Crippen LogP contribution in [0.5, 0.6) is 5.75 Å². The van der Waals surface area contributed by atoms with Crippen molar-refractivity contribution >= 4 is 5.69 Å². The molecule has 1 fully saturated rings. The van der Waals surface area contributed by atoms with Crippen molar-refractivity contribution in [2.24, 2.45) is 0 Å². The van der Waals surface area contributed by atoms with E-state index in [1.54, 1.807) is 0 Å². The molecule has 94 valence electrons. The summed E-state index contributed by atoms with van der Waals surface area (Å²) in [7, 11) is 0. The Bertz CT molecular complexity index is 379. The molecule has 0 heterocycles. The highest BCUT2D eigenvalue weighted by Gasteiger charge is 2.15. The van der Waals surface area contributed by atoms with Gasteiger partial charge in [-0.25, -0.2) is 0 Å². The number of nitrogens with two attached hydrogens (primary N) is 1. The van der Waals surface area contributed by atoms with Crippen LogP contribution in [0.3, 0.4) is 0 Å². The van der Waals surface area contributed by atoms with Crippen molar-refractivity contribution in [3.05, 3.63) is 23.3 Å². The van der Waals surface area contributed by atoms with Gasteiger partial charge in [0.25, 0.3) is 0 Å². The number of hydrogen-bond donors (Lipinski definition) is 1. The Morgan fingerprint density at radius 2 is 1.65 bits per heavy atom. The van der Waals surface area contributed by atoms with Gasteiger partial charge in [-0.2, -0.15) is 0 Å². The summed E-state index contributed by atoms with van der Waals surface area (Å²) in [6, 6.07) is 4.09. The molecule has 0 spiro atoms. The molecule has 17 heavy (non-hydrogen) atoms. The number of rotatable bonds is 2. The van der Waals surface area contributed by atoms with E-state index in [4.69, 9.17) is 10.5 Å². The Kier molecular flexibility index (Phi) is 3.93. The fourth-order valence-corrected chi connectivity index (χ4v) is 2.51. The van der Waals surface area contributed by atoms with Gasteiger partial charge in [-0.15, -0.1) is 0 Å². The lowest BCUT2D eigenvalue weighted by molar-refractivity contribution is 0.182. The van der Waals surface area contributed by atoms with E-state index >= 15 is 0 Å². The Labute approximate surface area is 104 Å². The summed E-state index contributed by atoms with van der Waals surface area (Å²) >= 11 is 0. The largest absolute Gasteiger partial charge is 0.490 e. The van der Waals surface area contributed by atoms with Crippen molar-refractivity contribution < 1.29 is 4.74 Å². The topological polar surface area (TPSA) is 35.2 Å². The quantitative estimate of drug-likeness (QED) is 0.619. The SMILES string of the molecule is Cc1cc(C)c(OC2CCCCCC2)cc1N. The van der Waals surface area contributed by atoms with Crippen LogP contribution in [0.2, 0.25) is 0 Å². The minimum absolute atomic E-state index is 0.387. The second-order valence-electron chi connectivity index (χ2n) is 5.21. The van der Waals surface area contributed by atoms with Crippen LogP contribution in [-0.4, -0.2) is 6.10 Å². The van der Waals surface area contributed by atoms with Crippen LogP contribution in [0.1, 0.15) is 49.7 Å². The van der Waals surface area contributed by atoms with Gasteiger partial charge in [-0.1, -0.05) is 18.9 Å².